The molecule has 10 heteroatoms. The zero-order valence-electron chi connectivity index (χ0n) is 19.5. The number of para-hydroxylation sites is 1. The number of nitrogens with zero attached hydrogens (tertiary/aromatic N) is 2. The molecule has 4 aromatic rings. The normalized spacial score (nSPS) is 17.4. The number of rotatable bonds is 7. The maximum Gasteiger partial charge on any atom is 0.196 e. The maximum atomic E-state index is 13.7. The number of aromatic nitrogens is 2. The molecule has 188 valence electrons. The second kappa shape index (κ2) is 10.8. The summed E-state index contributed by atoms with van der Waals surface area (Å²) in [6.45, 7) is 0.322. The molecule has 0 amide bonds. The number of anilines is 1. The first kappa shape index (κ1) is 25.1. The Morgan fingerprint density at radius 1 is 1.19 bits per heavy atom. The van der Waals surface area contributed by atoms with E-state index in [1.807, 2.05) is 18.2 Å². The van der Waals surface area contributed by atoms with Crippen molar-refractivity contribution in [3.05, 3.63) is 81.6 Å². The van der Waals surface area contributed by atoms with Crippen LogP contribution in [-0.2, 0) is 4.74 Å². The number of nitrogens with one attached hydrogen (secondary N) is 2. The van der Waals surface area contributed by atoms with Crippen molar-refractivity contribution < 1.29 is 19.4 Å². The zero-order valence-corrected chi connectivity index (χ0v) is 21.0. The van der Waals surface area contributed by atoms with Crippen LogP contribution in [0.4, 0.5) is 5.69 Å². The fourth-order valence-corrected chi connectivity index (χ4v) is 4.77. The lowest BCUT2D eigenvalue weighted by Crippen LogP contribution is -2.36. The summed E-state index contributed by atoms with van der Waals surface area (Å²) in [4.78, 5) is 21.0. The summed E-state index contributed by atoms with van der Waals surface area (Å²) in [5, 5.41) is 23.1. The van der Waals surface area contributed by atoms with E-state index in [0.717, 1.165) is 6.42 Å². The van der Waals surface area contributed by atoms with E-state index < -0.39 is 0 Å². The lowest BCUT2D eigenvalue weighted by Gasteiger charge is -2.29. The molecule has 37 heavy (non-hydrogen) atoms. The van der Waals surface area contributed by atoms with Crippen LogP contribution >= 0.6 is 23.2 Å². The highest BCUT2D eigenvalue weighted by Gasteiger charge is 2.27. The number of hydrogen-bond acceptors (Lipinski definition) is 7. The second-order valence-corrected chi connectivity index (χ2v) is 9.38. The van der Waals surface area contributed by atoms with E-state index in [9.17, 15) is 15.2 Å². The fraction of sp³-hybridized carbons (Fsp3) is 0.222. The molecule has 1 saturated heterocycles. The number of carbonyl (C=O) groups is 1. The van der Waals surface area contributed by atoms with Crippen molar-refractivity contribution >= 4 is 45.7 Å². The van der Waals surface area contributed by atoms with E-state index >= 15 is 0 Å². The van der Waals surface area contributed by atoms with Crippen molar-refractivity contribution in [3.63, 3.8) is 0 Å². The molecule has 0 saturated carbocycles. The number of nitriles is 1. The predicted molar refractivity (Wildman–Crippen MR) is 141 cm³/mol. The Balaban J connectivity index is 1.50. The number of hydrogen-bond donors (Lipinski definition) is 3. The molecule has 2 atom stereocenters. The Morgan fingerprint density at radius 2 is 2.00 bits per heavy atom. The molecule has 2 aromatic heterocycles. The van der Waals surface area contributed by atoms with Crippen LogP contribution in [0.5, 0.6) is 11.5 Å². The summed E-state index contributed by atoms with van der Waals surface area (Å²) < 4.78 is 11.5. The van der Waals surface area contributed by atoms with E-state index in [4.69, 9.17) is 32.7 Å². The van der Waals surface area contributed by atoms with Gasteiger partial charge < -0.3 is 24.9 Å². The molecule has 8 nitrogen and oxygen atoms in total. The zero-order chi connectivity index (χ0) is 25.9. The SMILES string of the molecule is N#Cc1cnc2[nH]cc(C(=O)c3ccc(Oc4ccccc4)c(Cl)c3Cl)c2c1N[C@@H]1CC[C@@H](CO)OC1. The molecule has 0 bridgehead atoms. The molecule has 3 N–H and O–H groups in total. The lowest BCUT2D eigenvalue weighted by molar-refractivity contribution is -0.0223. The number of pyridine rings is 1. The second-order valence-electron chi connectivity index (χ2n) is 8.62. The van der Waals surface area contributed by atoms with Gasteiger partial charge in [0.05, 0.1) is 46.5 Å². The van der Waals surface area contributed by atoms with Gasteiger partial charge in [0.2, 0.25) is 0 Å². The Morgan fingerprint density at radius 3 is 2.70 bits per heavy atom. The molecule has 1 aliphatic rings. The number of carbonyl (C=O) groups excluding carboxylic acids is 1. The average molecular weight is 537 g/mol. The molecule has 0 radical (unpaired) electrons. The molecular formula is C27H22Cl2N4O4. The fourth-order valence-electron chi connectivity index (χ4n) is 4.32. The van der Waals surface area contributed by atoms with E-state index in [0.29, 0.717) is 52.4 Å². The van der Waals surface area contributed by atoms with Gasteiger partial charge in [-0.2, -0.15) is 5.26 Å². The van der Waals surface area contributed by atoms with Crippen LogP contribution < -0.4 is 10.1 Å². The highest BCUT2D eigenvalue weighted by molar-refractivity contribution is 6.45. The van der Waals surface area contributed by atoms with Crippen LogP contribution in [0.2, 0.25) is 10.0 Å². The van der Waals surface area contributed by atoms with Crippen molar-refractivity contribution in [1.29, 1.82) is 5.26 Å². The number of fused-ring (bicyclic) bond motifs is 1. The van der Waals surface area contributed by atoms with Crippen LogP contribution in [0.1, 0.15) is 34.3 Å². The third-order valence-electron chi connectivity index (χ3n) is 6.25. The Bertz CT molecular complexity index is 1490. The highest BCUT2D eigenvalue weighted by Crippen LogP contribution is 2.39. The van der Waals surface area contributed by atoms with E-state index in [1.54, 1.807) is 30.5 Å². The molecule has 0 unspecified atom stereocenters. The Labute approximate surface area is 222 Å². The molecule has 1 aliphatic heterocycles. The van der Waals surface area contributed by atoms with Gasteiger partial charge in [0, 0.05) is 24.0 Å². The first-order chi connectivity index (χ1) is 18.0. The minimum atomic E-state index is -0.385. The van der Waals surface area contributed by atoms with Crippen molar-refractivity contribution in [2.75, 3.05) is 18.5 Å². The van der Waals surface area contributed by atoms with Crippen molar-refractivity contribution in [3.8, 4) is 17.6 Å². The Kier molecular flexibility index (Phi) is 7.31. The number of aliphatic hydroxyl groups excluding tert-OH is 1. The van der Waals surface area contributed by atoms with Gasteiger partial charge in [0.15, 0.2) is 5.78 Å². The quantitative estimate of drug-likeness (QED) is 0.258. The van der Waals surface area contributed by atoms with Crippen molar-refractivity contribution in [2.45, 2.75) is 25.0 Å². The topological polar surface area (TPSA) is 120 Å². The number of halogens is 2. The first-order valence-electron chi connectivity index (χ1n) is 11.6. The van der Waals surface area contributed by atoms with E-state index in [2.05, 4.69) is 21.4 Å². The van der Waals surface area contributed by atoms with Crippen molar-refractivity contribution in [1.82, 2.24) is 9.97 Å². The molecule has 0 aliphatic carbocycles. The smallest absolute Gasteiger partial charge is 0.196 e. The number of ether oxygens (including phenoxy) is 2. The Hall–Kier alpha value is -3.61. The van der Waals surface area contributed by atoms with Crippen molar-refractivity contribution in [2.24, 2.45) is 0 Å². The van der Waals surface area contributed by atoms with Crippen LogP contribution in [0.3, 0.4) is 0 Å². The molecule has 0 spiro atoms. The highest BCUT2D eigenvalue weighted by atomic mass is 35.5. The number of aromatic amines is 1. The number of aliphatic hydroxyl groups is 1. The van der Waals surface area contributed by atoms with Gasteiger partial charge >= 0.3 is 0 Å². The standard InChI is InChI=1S/C27H22Cl2N4O4/c28-23-19(8-9-21(24(23)29)37-17-4-2-1-3-5-17)26(35)20-12-32-27-22(20)25(15(10-30)11-31-27)33-16-6-7-18(13-34)36-14-16/h1-5,8-9,11-12,16,18,34H,6-7,13-14H2,(H2,31,32,33)/t16-,18+/m1/s1. The third-order valence-corrected chi connectivity index (χ3v) is 7.12. The average Bonchev–Trinajstić information content (AvgIpc) is 3.37. The number of H-pyrrole nitrogens is 1. The van der Waals surface area contributed by atoms with Crippen LogP contribution in [-0.4, -0.2) is 46.2 Å². The molecule has 2 aromatic carbocycles. The van der Waals surface area contributed by atoms with Crippen LogP contribution in [0.25, 0.3) is 11.0 Å². The summed E-state index contributed by atoms with van der Waals surface area (Å²) in [6, 6.07) is 14.3. The summed E-state index contributed by atoms with van der Waals surface area (Å²) in [7, 11) is 0. The molecule has 1 fully saturated rings. The lowest BCUT2D eigenvalue weighted by atomic mass is 10.00. The van der Waals surface area contributed by atoms with Gasteiger partial charge in [-0.05, 0) is 37.1 Å². The summed E-state index contributed by atoms with van der Waals surface area (Å²) in [5.41, 5.74) is 1.71. The van der Waals surface area contributed by atoms with Gasteiger partial charge in [-0.1, -0.05) is 41.4 Å². The van der Waals surface area contributed by atoms with Gasteiger partial charge in [-0.15, -0.1) is 0 Å². The van der Waals surface area contributed by atoms with Gasteiger partial charge in [-0.3, -0.25) is 4.79 Å². The minimum Gasteiger partial charge on any atom is -0.456 e. The molecule has 5 rings (SSSR count). The largest absolute Gasteiger partial charge is 0.456 e. The summed E-state index contributed by atoms with van der Waals surface area (Å²) in [5.74, 6) is 0.520. The number of ketones is 1. The summed E-state index contributed by atoms with van der Waals surface area (Å²) >= 11 is 13.0. The van der Waals surface area contributed by atoms with Crippen LogP contribution in [0, 0.1) is 11.3 Å². The maximum absolute atomic E-state index is 13.7. The van der Waals surface area contributed by atoms with Gasteiger partial charge in [-0.25, -0.2) is 4.98 Å². The molecular weight excluding hydrogens is 515 g/mol. The van der Waals surface area contributed by atoms with Crippen LogP contribution in [0.15, 0.2) is 54.9 Å². The third kappa shape index (κ3) is 4.99. The number of benzene rings is 2. The monoisotopic (exact) mass is 536 g/mol. The van der Waals surface area contributed by atoms with E-state index in [-0.39, 0.29) is 40.1 Å². The summed E-state index contributed by atoms with van der Waals surface area (Å²) in [6.07, 6.45) is 4.21. The van der Waals surface area contributed by atoms with E-state index in [1.165, 1.54) is 6.20 Å². The van der Waals surface area contributed by atoms with Gasteiger partial charge in [0.25, 0.3) is 0 Å². The van der Waals surface area contributed by atoms with Gasteiger partial charge in [0.1, 0.15) is 28.2 Å². The first-order valence-corrected chi connectivity index (χ1v) is 12.4. The molecule has 3 heterocycles. The minimum absolute atomic E-state index is 0.0371. The predicted octanol–water partition coefficient (Wildman–Crippen LogP) is 5.72.